The zero-order valence-electron chi connectivity index (χ0n) is 12.8. The molecule has 1 aromatic carbocycles. The van der Waals surface area contributed by atoms with Crippen molar-refractivity contribution in [1.29, 1.82) is 0 Å². The molecule has 0 aliphatic rings. The number of carbonyl (C=O) groups is 2. The highest BCUT2D eigenvalue weighted by atomic mass is 31.2. The van der Waals surface area contributed by atoms with Crippen molar-refractivity contribution in [3.63, 3.8) is 0 Å². The molecule has 8 heteroatoms. The summed E-state index contributed by atoms with van der Waals surface area (Å²) in [7, 11) is -2.74. The van der Waals surface area contributed by atoms with E-state index in [1.165, 1.54) is 0 Å². The number of alkyl carbamates (subject to hydrolysis) is 1. The van der Waals surface area contributed by atoms with Crippen LogP contribution in [0, 0.1) is 0 Å². The third kappa shape index (κ3) is 4.66. The van der Waals surface area contributed by atoms with Gasteiger partial charge in [-0.2, -0.15) is 0 Å². The molecule has 1 aromatic rings. The number of hydrogen-bond donors (Lipinski definition) is 1. The van der Waals surface area contributed by atoms with Crippen LogP contribution >= 0.6 is 7.60 Å². The molecule has 0 aliphatic carbocycles. The fourth-order valence-electron chi connectivity index (χ4n) is 1.77. The fourth-order valence-corrected chi connectivity index (χ4v) is 3.56. The summed E-state index contributed by atoms with van der Waals surface area (Å²) in [6, 6.07) is 8.17. The SMILES string of the molecule is CCOP(=O)(OCC)C(NC(=O)OC)C(=O)c1ccccc1. The van der Waals surface area contributed by atoms with Gasteiger partial charge >= 0.3 is 13.7 Å². The Hall–Kier alpha value is -1.69. The first kappa shape index (κ1) is 18.4. The standard InChI is InChI=1S/C14H20NO6P/c1-4-20-22(18,21-5-2)13(15-14(17)19-3)12(16)11-9-7-6-8-10-11/h6-10,13H,4-5H2,1-3H3,(H,15,17). The lowest BCUT2D eigenvalue weighted by Gasteiger charge is -2.25. The normalized spacial score (nSPS) is 12.5. The van der Waals surface area contributed by atoms with E-state index < -0.39 is 25.3 Å². The minimum absolute atomic E-state index is 0.0682. The lowest BCUT2D eigenvalue weighted by atomic mass is 10.1. The molecule has 1 unspecified atom stereocenters. The molecule has 122 valence electrons. The number of nitrogens with one attached hydrogen (secondary N) is 1. The third-order valence-corrected chi connectivity index (χ3v) is 4.91. The van der Waals surface area contributed by atoms with E-state index >= 15 is 0 Å². The van der Waals surface area contributed by atoms with Crippen LogP contribution in [0.5, 0.6) is 0 Å². The van der Waals surface area contributed by atoms with Gasteiger partial charge in [0.05, 0.1) is 20.3 Å². The number of Topliss-reactive ketones (excluding diaryl/α,β-unsaturated/α-hetero) is 1. The lowest BCUT2D eigenvalue weighted by Crippen LogP contribution is -2.41. The summed E-state index contributed by atoms with van der Waals surface area (Å²) < 4.78 is 27.7. The Labute approximate surface area is 129 Å². The van der Waals surface area contributed by atoms with Crippen LogP contribution in [0.4, 0.5) is 4.79 Å². The summed E-state index contributed by atoms with van der Waals surface area (Å²) in [5, 5.41) is 2.25. The average Bonchev–Trinajstić information content (AvgIpc) is 2.53. The molecule has 0 aromatic heterocycles. The van der Waals surface area contributed by atoms with E-state index in [4.69, 9.17) is 9.05 Å². The summed E-state index contributed by atoms with van der Waals surface area (Å²) in [4.78, 5) is 24.1. The van der Waals surface area contributed by atoms with Gasteiger partial charge in [-0.25, -0.2) is 4.79 Å². The van der Waals surface area contributed by atoms with Crippen LogP contribution < -0.4 is 5.32 Å². The molecule has 7 nitrogen and oxygen atoms in total. The minimum atomic E-state index is -3.88. The van der Waals surface area contributed by atoms with Crippen LogP contribution in [0.3, 0.4) is 0 Å². The highest BCUT2D eigenvalue weighted by molar-refractivity contribution is 7.55. The number of methoxy groups -OCH3 is 1. The quantitative estimate of drug-likeness (QED) is 0.582. The molecule has 1 rings (SSSR count). The van der Waals surface area contributed by atoms with Gasteiger partial charge in [-0.3, -0.25) is 9.36 Å². The van der Waals surface area contributed by atoms with E-state index in [2.05, 4.69) is 10.1 Å². The van der Waals surface area contributed by atoms with Crippen molar-refractivity contribution in [1.82, 2.24) is 5.32 Å². The van der Waals surface area contributed by atoms with Crippen molar-refractivity contribution in [3.8, 4) is 0 Å². The van der Waals surface area contributed by atoms with E-state index in [-0.39, 0.29) is 18.8 Å². The maximum atomic E-state index is 12.8. The Kier molecular flexibility index (Phi) is 7.24. The predicted octanol–water partition coefficient (Wildman–Crippen LogP) is 2.82. The van der Waals surface area contributed by atoms with Gasteiger partial charge in [0, 0.05) is 5.56 Å². The minimum Gasteiger partial charge on any atom is -0.453 e. The number of carbonyl (C=O) groups excluding carboxylic acids is 2. The Morgan fingerprint density at radius 2 is 1.68 bits per heavy atom. The average molecular weight is 329 g/mol. The molecule has 0 saturated carbocycles. The number of ketones is 1. The number of hydrogen-bond acceptors (Lipinski definition) is 6. The summed E-state index contributed by atoms with van der Waals surface area (Å²) in [6.07, 6.45) is -0.895. The summed E-state index contributed by atoms with van der Waals surface area (Å²) >= 11 is 0. The zero-order chi connectivity index (χ0) is 16.6. The molecule has 0 heterocycles. The van der Waals surface area contributed by atoms with Gasteiger partial charge in [0.2, 0.25) is 0 Å². The van der Waals surface area contributed by atoms with E-state index in [0.717, 1.165) is 7.11 Å². The number of amides is 1. The first-order chi connectivity index (χ1) is 10.5. The van der Waals surface area contributed by atoms with Crippen LogP contribution in [0.15, 0.2) is 30.3 Å². The van der Waals surface area contributed by atoms with Crippen molar-refractivity contribution >= 4 is 19.5 Å². The maximum Gasteiger partial charge on any atom is 0.407 e. The number of benzene rings is 1. The predicted molar refractivity (Wildman–Crippen MR) is 81.0 cm³/mol. The first-order valence-corrected chi connectivity index (χ1v) is 8.42. The van der Waals surface area contributed by atoms with Gasteiger partial charge in [0.15, 0.2) is 11.6 Å². The monoisotopic (exact) mass is 329 g/mol. The van der Waals surface area contributed by atoms with Crippen molar-refractivity contribution in [2.45, 2.75) is 19.6 Å². The van der Waals surface area contributed by atoms with Gasteiger partial charge in [-0.15, -0.1) is 0 Å². The van der Waals surface area contributed by atoms with Crippen molar-refractivity contribution in [2.75, 3.05) is 20.3 Å². The lowest BCUT2D eigenvalue weighted by molar-refractivity contribution is 0.0941. The smallest absolute Gasteiger partial charge is 0.407 e. The van der Waals surface area contributed by atoms with Crippen LogP contribution in [-0.2, 0) is 18.3 Å². The molecule has 0 aliphatic heterocycles. The van der Waals surface area contributed by atoms with Crippen molar-refractivity contribution in [3.05, 3.63) is 35.9 Å². The zero-order valence-corrected chi connectivity index (χ0v) is 13.7. The van der Waals surface area contributed by atoms with Crippen molar-refractivity contribution in [2.24, 2.45) is 0 Å². The van der Waals surface area contributed by atoms with Crippen LogP contribution in [-0.4, -0.2) is 38.0 Å². The maximum absolute atomic E-state index is 12.8. The molecule has 0 saturated heterocycles. The van der Waals surface area contributed by atoms with Gasteiger partial charge in [-0.1, -0.05) is 30.3 Å². The summed E-state index contributed by atoms with van der Waals surface area (Å²) in [5.41, 5.74) is 0.281. The van der Waals surface area contributed by atoms with E-state index in [0.29, 0.717) is 0 Å². The molecule has 0 fully saturated rings. The van der Waals surface area contributed by atoms with Gasteiger partial charge in [0.25, 0.3) is 0 Å². The Balaban J connectivity index is 3.18. The topological polar surface area (TPSA) is 90.9 Å². The molecule has 0 spiro atoms. The van der Waals surface area contributed by atoms with Crippen LogP contribution in [0.25, 0.3) is 0 Å². The molecule has 0 bridgehead atoms. The van der Waals surface area contributed by atoms with Crippen LogP contribution in [0.2, 0.25) is 0 Å². The van der Waals surface area contributed by atoms with Gasteiger partial charge in [-0.05, 0) is 13.8 Å². The molecular formula is C14H20NO6P. The van der Waals surface area contributed by atoms with Crippen molar-refractivity contribution < 1.29 is 27.9 Å². The fraction of sp³-hybridized carbons (Fsp3) is 0.429. The molecule has 1 amide bonds. The number of ether oxygens (including phenoxy) is 1. The second-order valence-electron chi connectivity index (χ2n) is 4.14. The first-order valence-electron chi connectivity index (χ1n) is 6.81. The molecule has 22 heavy (non-hydrogen) atoms. The third-order valence-electron chi connectivity index (χ3n) is 2.68. The number of rotatable bonds is 8. The second-order valence-corrected chi connectivity index (χ2v) is 6.26. The van der Waals surface area contributed by atoms with Crippen LogP contribution in [0.1, 0.15) is 24.2 Å². The molecule has 0 radical (unpaired) electrons. The Morgan fingerprint density at radius 3 is 2.14 bits per heavy atom. The Bertz CT molecular complexity index is 538. The van der Waals surface area contributed by atoms with E-state index in [9.17, 15) is 14.2 Å². The summed E-state index contributed by atoms with van der Waals surface area (Å²) in [5.74, 6) is -2.04. The van der Waals surface area contributed by atoms with Gasteiger partial charge < -0.3 is 19.1 Å². The second kappa shape index (κ2) is 8.68. The van der Waals surface area contributed by atoms with E-state index in [1.54, 1.807) is 44.2 Å². The summed E-state index contributed by atoms with van der Waals surface area (Å²) in [6.45, 7) is 3.37. The largest absolute Gasteiger partial charge is 0.453 e. The molecule has 1 atom stereocenters. The highest BCUT2D eigenvalue weighted by Crippen LogP contribution is 2.52. The highest BCUT2D eigenvalue weighted by Gasteiger charge is 2.42. The van der Waals surface area contributed by atoms with E-state index in [1.807, 2.05) is 0 Å². The Morgan fingerprint density at radius 1 is 1.14 bits per heavy atom. The molecular weight excluding hydrogens is 309 g/mol. The van der Waals surface area contributed by atoms with Gasteiger partial charge in [0.1, 0.15) is 0 Å². The molecule has 1 N–H and O–H groups in total.